The maximum absolute atomic E-state index is 6.10. The molecule has 0 saturated heterocycles. The average Bonchev–Trinajstić information content (AvgIpc) is 2.52. The van der Waals surface area contributed by atoms with E-state index in [-0.39, 0.29) is 5.54 Å². The second-order valence-corrected chi connectivity index (χ2v) is 5.47. The van der Waals surface area contributed by atoms with Crippen LogP contribution in [0.4, 0.5) is 0 Å². The van der Waals surface area contributed by atoms with Gasteiger partial charge in [0.25, 0.3) is 0 Å². The predicted octanol–water partition coefficient (Wildman–Crippen LogP) is 2.31. The van der Waals surface area contributed by atoms with Crippen molar-refractivity contribution >= 4 is 0 Å². The van der Waals surface area contributed by atoms with Gasteiger partial charge >= 0.3 is 0 Å². The first-order valence-electron chi connectivity index (χ1n) is 7.76. The van der Waals surface area contributed by atoms with Crippen LogP contribution in [-0.4, -0.2) is 50.4 Å². The first-order valence-corrected chi connectivity index (χ1v) is 7.76. The molecule has 120 valence electrons. The topological polar surface area (TPSA) is 47.7 Å². The Kier molecular flexibility index (Phi) is 7.72. The monoisotopic (exact) mass is 294 g/mol. The molecule has 4 nitrogen and oxygen atoms in total. The lowest BCUT2D eigenvalue weighted by molar-refractivity contribution is 0.0606. The van der Waals surface area contributed by atoms with Crippen LogP contribution in [0, 0.1) is 0 Å². The zero-order chi connectivity index (χ0) is 15.7. The summed E-state index contributed by atoms with van der Waals surface area (Å²) in [7, 11) is 1.71. The van der Waals surface area contributed by atoms with Gasteiger partial charge in [0.15, 0.2) is 0 Å². The van der Waals surface area contributed by atoms with E-state index in [0.717, 1.165) is 38.5 Å². The number of hydrogen-bond donors (Lipinski definition) is 1. The summed E-state index contributed by atoms with van der Waals surface area (Å²) in [5.74, 6) is 0.929. The third-order valence-electron chi connectivity index (χ3n) is 4.06. The second kappa shape index (κ2) is 9.03. The summed E-state index contributed by atoms with van der Waals surface area (Å²) in [5.41, 5.74) is 7.20. The number of likely N-dealkylation sites (N-methyl/N-ethyl adjacent to an activating group) is 1. The first-order chi connectivity index (χ1) is 10.1. The highest BCUT2D eigenvalue weighted by Gasteiger charge is 2.30. The highest BCUT2D eigenvalue weighted by molar-refractivity contribution is 5.34. The van der Waals surface area contributed by atoms with Crippen molar-refractivity contribution in [3.63, 3.8) is 0 Å². The van der Waals surface area contributed by atoms with E-state index in [0.29, 0.717) is 6.54 Å². The quantitative estimate of drug-likeness (QED) is 0.673. The van der Waals surface area contributed by atoms with Crippen LogP contribution >= 0.6 is 0 Å². The predicted molar refractivity (Wildman–Crippen MR) is 87.9 cm³/mol. The highest BCUT2D eigenvalue weighted by Crippen LogP contribution is 2.26. The van der Waals surface area contributed by atoms with Crippen LogP contribution in [0.25, 0.3) is 0 Å². The molecule has 1 unspecified atom stereocenters. The molecule has 0 bridgehead atoms. The summed E-state index contributed by atoms with van der Waals surface area (Å²) in [6.45, 7) is 10.4. The van der Waals surface area contributed by atoms with E-state index in [4.69, 9.17) is 15.2 Å². The summed E-state index contributed by atoms with van der Waals surface area (Å²) in [4.78, 5) is 2.40. The molecular weight excluding hydrogens is 264 g/mol. The number of nitrogens with zero attached hydrogens (tertiary/aromatic N) is 1. The van der Waals surface area contributed by atoms with Crippen molar-refractivity contribution in [2.75, 3.05) is 40.0 Å². The molecule has 21 heavy (non-hydrogen) atoms. The molecule has 0 radical (unpaired) electrons. The molecule has 0 fully saturated rings. The number of rotatable bonds is 10. The molecular formula is C17H30N2O2. The Morgan fingerprint density at radius 2 is 1.95 bits per heavy atom. The number of hydrogen-bond acceptors (Lipinski definition) is 4. The van der Waals surface area contributed by atoms with Crippen molar-refractivity contribution in [2.45, 2.75) is 32.7 Å². The van der Waals surface area contributed by atoms with Crippen molar-refractivity contribution in [1.82, 2.24) is 4.90 Å². The lowest BCUT2D eigenvalue weighted by atomic mass is 9.90. The maximum Gasteiger partial charge on any atom is 0.122 e. The molecule has 0 aliphatic carbocycles. The molecule has 0 aromatic heterocycles. The Bertz CT molecular complexity index is 412. The Balaban J connectivity index is 2.86. The van der Waals surface area contributed by atoms with Crippen LogP contribution in [0.15, 0.2) is 24.3 Å². The molecule has 1 aromatic rings. The minimum absolute atomic E-state index is 0.0967. The Morgan fingerprint density at radius 1 is 1.24 bits per heavy atom. The summed E-state index contributed by atoms with van der Waals surface area (Å²) in [6, 6.07) is 8.16. The van der Waals surface area contributed by atoms with E-state index in [1.165, 1.54) is 5.56 Å². The normalized spacial score (nSPS) is 14.2. The van der Waals surface area contributed by atoms with Gasteiger partial charge in [0.1, 0.15) is 5.75 Å². The van der Waals surface area contributed by atoms with Crippen molar-refractivity contribution in [3.8, 4) is 5.75 Å². The lowest BCUT2D eigenvalue weighted by Crippen LogP contribution is -2.54. The summed E-state index contributed by atoms with van der Waals surface area (Å²) in [5, 5.41) is 0. The van der Waals surface area contributed by atoms with Crippen molar-refractivity contribution < 1.29 is 9.47 Å². The van der Waals surface area contributed by atoms with E-state index in [9.17, 15) is 0 Å². The fourth-order valence-corrected chi connectivity index (χ4v) is 2.70. The molecule has 0 aliphatic heterocycles. The Hall–Kier alpha value is -1.10. The average molecular weight is 294 g/mol. The molecule has 1 atom stereocenters. The van der Waals surface area contributed by atoms with Crippen LogP contribution in [0.5, 0.6) is 5.75 Å². The molecule has 0 heterocycles. The van der Waals surface area contributed by atoms with Gasteiger partial charge in [-0.05, 0) is 38.4 Å². The standard InChI is InChI=1S/C17H30N2O2/c1-5-19(11-12-21-6-2)17(3,14-18)13-15-9-7-8-10-16(15)20-4/h7-10H,5-6,11-14,18H2,1-4H3. The van der Waals surface area contributed by atoms with Gasteiger partial charge < -0.3 is 15.2 Å². The van der Waals surface area contributed by atoms with Crippen molar-refractivity contribution in [2.24, 2.45) is 5.73 Å². The number of ether oxygens (including phenoxy) is 2. The van der Waals surface area contributed by atoms with Gasteiger partial charge in [0, 0.05) is 25.2 Å². The summed E-state index contributed by atoms with van der Waals surface area (Å²) in [6.07, 6.45) is 0.869. The van der Waals surface area contributed by atoms with Crippen molar-refractivity contribution in [3.05, 3.63) is 29.8 Å². The molecule has 0 saturated carbocycles. The van der Waals surface area contributed by atoms with Gasteiger partial charge in [-0.2, -0.15) is 0 Å². The molecule has 0 amide bonds. The van der Waals surface area contributed by atoms with Crippen molar-refractivity contribution in [1.29, 1.82) is 0 Å². The minimum atomic E-state index is -0.0967. The van der Waals surface area contributed by atoms with E-state index < -0.39 is 0 Å². The Morgan fingerprint density at radius 3 is 2.52 bits per heavy atom. The number of nitrogens with two attached hydrogens (primary N) is 1. The maximum atomic E-state index is 6.10. The fraction of sp³-hybridized carbons (Fsp3) is 0.647. The SMILES string of the molecule is CCOCCN(CC)C(C)(CN)Cc1ccccc1OC. The van der Waals surface area contributed by atoms with Gasteiger partial charge in [-0.15, -0.1) is 0 Å². The van der Waals surface area contributed by atoms with Gasteiger partial charge in [0.05, 0.1) is 13.7 Å². The third-order valence-corrected chi connectivity index (χ3v) is 4.06. The molecule has 4 heteroatoms. The largest absolute Gasteiger partial charge is 0.496 e. The molecule has 1 aromatic carbocycles. The van der Waals surface area contributed by atoms with Crippen LogP contribution in [0.3, 0.4) is 0 Å². The molecule has 0 aliphatic rings. The zero-order valence-corrected chi connectivity index (χ0v) is 13.9. The molecule has 1 rings (SSSR count). The number of para-hydroxylation sites is 1. The highest BCUT2D eigenvalue weighted by atomic mass is 16.5. The summed E-state index contributed by atoms with van der Waals surface area (Å²) >= 11 is 0. The number of benzene rings is 1. The van der Waals surface area contributed by atoms with E-state index >= 15 is 0 Å². The second-order valence-electron chi connectivity index (χ2n) is 5.47. The Labute approximate surface area is 129 Å². The molecule has 2 N–H and O–H groups in total. The van der Waals surface area contributed by atoms with Crippen LogP contribution in [-0.2, 0) is 11.2 Å². The first kappa shape index (κ1) is 18.0. The van der Waals surface area contributed by atoms with Gasteiger partial charge in [-0.3, -0.25) is 4.90 Å². The summed E-state index contributed by atoms with van der Waals surface area (Å²) < 4.78 is 11.0. The van der Waals surface area contributed by atoms with Gasteiger partial charge in [-0.1, -0.05) is 25.1 Å². The third kappa shape index (κ3) is 4.99. The van der Waals surface area contributed by atoms with Crippen LogP contribution in [0.2, 0.25) is 0 Å². The van der Waals surface area contributed by atoms with Crippen LogP contribution < -0.4 is 10.5 Å². The zero-order valence-electron chi connectivity index (χ0n) is 13.9. The van der Waals surface area contributed by atoms with E-state index in [1.807, 2.05) is 25.1 Å². The van der Waals surface area contributed by atoms with Gasteiger partial charge in [-0.25, -0.2) is 0 Å². The van der Waals surface area contributed by atoms with Crippen LogP contribution in [0.1, 0.15) is 26.3 Å². The minimum Gasteiger partial charge on any atom is -0.496 e. The number of methoxy groups -OCH3 is 1. The fourth-order valence-electron chi connectivity index (χ4n) is 2.70. The smallest absolute Gasteiger partial charge is 0.122 e. The van der Waals surface area contributed by atoms with Gasteiger partial charge in [0.2, 0.25) is 0 Å². The lowest BCUT2D eigenvalue weighted by Gasteiger charge is -2.40. The molecule has 0 spiro atoms. The van der Waals surface area contributed by atoms with E-state index in [1.54, 1.807) is 7.11 Å². The van der Waals surface area contributed by atoms with E-state index in [2.05, 4.69) is 24.8 Å².